The molecule has 17 heavy (non-hydrogen) atoms. The summed E-state index contributed by atoms with van der Waals surface area (Å²) in [5.41, 5.74) is 6.11. The predicted octanol–water partition coefficient (Wildman–Crippen LogP) is 0.378. The Morgan fingerprint density at radius 1 is 1.53 bits per heavy atom. The van der Waals surface area contributed by atoms with Crippen LogP contribution in [0, 0.1) is 5.92 Å². The van der Waals surface area contributed by atoms with Crippen LogP contribution in [0.5, 0.6) is 0 Å². The normalized spacial score (nSPS) is 35.6. The molecule has 0 aliphatic carbocycles. The van der Waals surface area contributed by atoms with E-state index in [-0.39, 0.29) is 5.54 Å². The van der Waals surface area contributed by atoms with Gasteiger partial charge in [-0.15, -0.1) is 0 Å². The van der Waals surface area contributed by atoms with Crippen LogP contribution in [0.3, 0.4) is 0 Å². The summed E-state index contributed by atoms with van der Waals surface area (Å²) in [6.07, 6.45) is 3.65. The molecule has 2 saturated heterocycles. The van der Waals surface area contributed by atoms with Gasteiger partial charge >= 0.3 is 0 Å². The van der Waals surface area contributed by atoms with Crippen molar-refractivity contribution < 1.29 is 4.74 Å². The van der Waals surface area contributed by atoms with E-state index in [0.717, 1.165) is 32.1 Å². The van der Waals surface area contributed by atoms with E-state index < -0.39 is 0 Å². The van der Waals surface area contributed by atoms with Crippen molar-refractivity contribution in [2.45, 2.75) is 24.8 Å². The molecule has 2 rings (SSSR count). The van der Waals surface area contributed by atoms with Crippen molar-refractivity contribution >= 4 is 0 Å². The average Bonchev–Trinajstić information content (AvgIpc) is 2.75. The van der Waals surface area contributed by atoms with Gasteiger partial charge in [0.15, 0.2) is 0 Å². The molecular weight excluding hydrogens is 214 g/mol. The lowest BCUT2D eigenvalue weighted by molar-refractivity contribution is -0.0386. The van der Waals surface area contributed by atoms with Crippen molar-refractivity contribution in [3.05, 3.63) is 0 Å². The molecule has 0 aromatic carbocycles. The van der Waals surface area contributed by atoms with E-state index in [0.29, 0.717) is 6.54 Å². The van der Waals surface area contributed by atoms with Crippen LogP contribution in [0.2, 0.25) is 0 Å². The Labute approximate surface area is 105 Å². The summed E-state index contributed by atoms with van der Waals surface area (Å²) < 4.78 is 5.65. The minimum atomic E-state index is 0.0966. The fraction of sp³-hybridized carbons (Fsp3) is 1.00. The van der Waals surface area contributed by atoms with Crippen LogP contribution in [0.25, 0.3) is 0 Å². The lowest BCUT2D eigenvalue weighted by Gasteiger charge is -2.44. The molecule has 2 heterocycles. The lowest BCUT2D eigenvalue weighted by atomic mass is 9.89. The highest BCUT2D eigenvalue weighted by atomic mass is 16.5. The van der Waals surface area contributed by atoms with Gasteiger partial charge in [0.25, 0.3) is 0 Å². The van der Waals surface area contributed by atoms with Gasteiger partial charge in [-0.25, -0.2) is 0 Å². The van der Waals surface area contributed by atoms with E-state index in [1.165, 1.54) is 25.9 Å². The standard InChI is InChI=1S/C13H27N3O/c1-15-6-4-12(8-15)9-16(2)13(10-14)5-3-7-17-11-13/h12H,3-11,14H2,1-2H3. The zero-order valence-corrected chi connectivity index (χ0v) is 11.3. The van der Waals surface area contributed by atoms with Gasteiger partial charge in [-0.2, -0.15) is 0 Å². The van der Waals surface area contributed by atoms with Gasteiger partial charge in [-0.3, -0.25) is 4.90 Å². The molecular formula is C13H27N3O. The maximum Gasteiger partial charge on any atom is 0.0662 e. The third kappa shape index (κ3) is 2.99. The van der Waals surface area contributed by atoms with Crippen LogP contribution < -0.4 is 5.73 Å². The van der Waals surface area contributed by atoms with Crippen molar-refractivity contribution in [2.75, 3.05) is 53.5 Å². The van der Waals surface area contributed by atoms with Crippen LogP contribution in [0.15, 0.2) is 0 Å². The smallest absolute Gasteiger partial charge is 0.0662 e. The lowest BCUT2D eigenvalue weighted by Crippen LogP contribution is -2.58. The first-order chi connectivity index (χ1) is 8.16. The third-order valence-electron chi connectivity index (χ3n) is 4.51. The monoisotopic (exact) mass is 241 g/mol. The van der Waals surface area contributed by atoms with E-state index in [1.807, 2.05) is 0 Å². The van der Waals surface area contributed by atoms with Crippen LogP contribution in [0.4, 0.5) is 0 Å². The zero-order valence-electron chi connectivity index (χ0n) is 11.3. The van der Waals surface area contributed by atoms with Gasteiger partial charge < -0.3 is 15.4 Å². The molecule has 0 aromatic heterocycles. The number of likely N-dealkylation sites (N-methyl/N-ethyl adjacent to an activating group) is 1. The van der Waals surface area contributed by atoms with Gasteiger partial charge in [-0.05, 0) is 45.8 Å². The summed E-state index contributed by atoms with van der Waals surface area (Å²) in [5, 5.41) is 0. The predicted molar refractivity (Wildman–Crippen MR) is 70.1 cm³/mol. The molecule has 0 radical (unpaired) electrons. The summed E-state index contributed by atoms with van der Waals surface area (Å²) in [5.74, 6) is 0.801. The van der Waals surface area contributed by atoms with E-state index >= 15 is 0 Å². The second-order valence-electron chi connectivity index (χ2n) is 5.88. The third-order valence-corrected chi connectivity index (χ3v) is 4.51. The summed E-state index contributed by atoms with van der Waals surface area (Å²) >= 11 is 0. The van der Waals surface area contributed by atoms with Crippen molar-refractivity contribution in [2.24, 2.45) is 11.7 Å². The van der Waals surface area contributed by atoms with Gasteiger partial charge in [0, 0.05) is 26.2 Å². The Balaban J connectivity index is 1.90. The van der Waals surface area contributed by atoms with Gasteiger partial charge in [0.05, 0.1) is 12.1 Å². The fourth-order valence-corrected chi connectivity index (χ4v) is 3.21. The summed E-state index contributed by atoms with van der Waals surface area (Å²) in [4.78, 5) is 4.89. The quantitative estimate of drug-likeness (QED) is 0.772. The largest absolute Gasteiger partial charge is 0.379 e. The van der Waals surface area contributed by atoms with Crippen LogP contribution in [-0.2, 0) is 4.74 Å². The topological polar surface area (TPSA) is 41.7 Å². The second-order valence-corrected chi connectivity index (χ2v) is 5.88. The highest BCUT2D eigenvalue weighted by Gasteiger charge is 2.37. The van der Waals surface area contributed by atoms with E-state index in [1.54, 1.807) is 0 Å². The molecule has 2 unspecified atom stereocenters. The van der Waals surface area contributed by atoms with Crippen molar-refractivity contribution in [3.8, 4) is 0 Å². The molecule has 4 heteroatoms. The first-order valence-electron chi connectivity index (χ1n) is 6.84. The highest BCUT2D eigenvalue weighted by Crippen LogP contribution is 2.26. The van der Waals surface area contributed by atoms with E-state index in [9.17, 15) is 0 Å². The number of likely N-dealkylation sites (tertiary alicyclic amines) is 1. The van der Waals surface area contributed by atoms with Gasteiger partial charge in [0.2, 0.25) is 0 Å². The number of hydrogen-bond donors (Lipinski definition) is 1. The molecule has 0 bridgehead atoms. The minimum Gasteiger partial charge on any atom is -0.379 e. The summed E-state index contributed by atoms with van der Waals surface area (Å²) in [6, 6.07) is 0. The van der Waals surface area contributed by atoms with Crippen molar-refractivity contribution in [3.63, 3.8) is 0 Å². The molecule has 0 saturated carbocycles. The maximum atomic E-state index is 6.01. The Bertz CT molecular complexity index is 241. The van der Waals surface area contributed by atoms with Crippen molar-refractivity contribution in [1.82, 2.24) is 9.80 Å². The molecule has 100 valence electrons. The number of nitrogens with zero attached hydrogens (tertiary/aromatic N) is 2. The second kappa shape index (κ2) is 5.65. The van der Waals surface area contributed by atoms with Gasteiger partial charge in [0.1, 0.15) is 0 Å². The first kappa shape index (κ1) is 13.3. The average molecular weight is 241 g/mol. The number of rotatable bonds is 4. The fourth-order valence-electron chi connectivity index (χ4n) is 3.21. The molecule has 0 aromatic rings. The van der Waals surface area contributed by atoms with E-state index in [2.05, 4.69) is 23.9 Å². The molecule has 0 spiro atoms. The number of ether oxygens (including phenoxy) is 1. The van der Waals surface area contributed by atoms with E-state index in [4.69, 9.17) is 10.5 Å². The summed E-state index contributed by atoms with van der Waals surface area (Å²) in [6.45, 7) is 6.05. The van der Waals surface area contributed by atoms with Gasteiger partial charge in [-0.1, -0.05) is 0 Å². The molecule has 0 amide bonds. The Hall–Kier alpha value is -0.160. The molecule has 2 N–H and O–H groups in total. The number of hydrogen-bond acceptors (Lipinski definition) is 4. The van der Waals surface area contributed by atoms with Crippen molar-refractivity contribution in [1.29, 1.82) is 0 Å². The highest BCUT2D eigenvalue weighted by molar-refractivity contribution is 4.93. The van der Waals surface area contributed by atoms with Crippen LogP contribution >= 0.6 is 0 Å². The molecule has 4 nitrogen and oxygen atoms in total. The first-order valence-corrected chi connectivity index (χ1v) is 6.84. The Morgan fingerprint density at radius 3 is 2.88 bits per heavy atom. The zero-order chi connectivity index (χ0) is 12.3. The SMILES string of the molecule is CN1CCC(CN(C)C2(CN)CCCOC2)C1. The number of nitrogens with two attached hydrogens (primary N) is 1. The maximum absolute atomic E-state index is 6.01. The minimum absolute atomic E-state index is 0.0966. The molecule has 2 fully saturated rings. The Kier molecular flexibility index (Phi) is 4.42. The Morgan fingerprint density at radius 2 is 2.35 bits per heavy atom. The van der Waals surface area contributed by atoms with Crippen LogP contribution in [-0.4, -0.2) is 68.8 Å². The summed E-state index contributed by atoms with van der Waals surface area (Å²) in [7, 11) is 4.43. The molecule has 2 aliphatic heterocycles. The molecule has 2 atom stereocenters. The van der Waals surface area contributed by atoms with Crippen LogP contribution in [0.1, 0.15) is 19.3 Å². The molecule has 2 aliphatic rings.